The molecule has 0 bridgehead atoms. The summed E-state index contributed by atoms with van der Waals surface area (Å²) in [5.41, 5.74) is 4.75. The van der Waals surface area contributed by atoms with Gasteiger partial charge in [-0.3, -0.25) is 4.98 Å². The van der Waals surface area contributed by atoms with Crippen LogP contribution in [0.5, 0.6) is 0 Å². The number of benzene rings is 2. The molecule has 0 unspecified atom stereocenters. The summed E-state index contributed by atoms with van der Waals surface area (Å²) in [6.07, 6.45) is 1.83. The SMILES string of the molecule is C[C@@H](NCc1cccc(-c2ccccn2)c1)c1ccccc1. The van der Waals surface area contributed by atoms with Gasteiger partial charge in [-0.1, -0.05) is 54.6 Å². The predicted octanol–water partition coefficient (Wildman–Crippen LogP) is 4.60. The zero-order chi connectivity index (χ0) is 15.2. The Morgan fingerprint density at radius 1 is 0.909 bits per heavy atom. The fourth-order valence-corrected chi connectivity index (χ4v) is 2.50. The van der Waals surface area contributed by atoms with E-state index in [-0.39, 0.29) is 0 Å². The van der Waals surface area contributed by atoms with Gasteiger partial charge in [-0.15, -0.1) is 0 Å². The monoisotopic (exact) mass is 288 g/mol. The van der Waals surface area contributed by atoms with Crippen molar-refractivity contribution < 1.29 is 0 Å². The van der Waals surface area contributed by atoms with Crippen LogP contribution in [0.15, 0.2) is 79.0 Å². The molecule has 0 saturated carbocycles. The first kappa shape index (κ1) is 14.5. The van der Waals surface area contributed by atoms with E-state index in [1.165, 1.54) is 11.1 Å². The van der Waals surface area contributed by atoms with Crippen molar-refractivity contribution in [2.45, 2.75) is 19.5 Å². The Morgan fingerprint density at radius 2 is 1.73 bits per heavy atom. The van der Waals surface area contributed by atoms with E-state index in [9.17, 15) is 0 Å². The highest BCUT2D eigenvalue weighted by atomic mass is 14.9. The molecule has 0 fully saturated rings. The highest BCUT2D eigenvalue weighted by Gasteiger charge is 2.05. The Balaban J connectivity index is 1.69. The first-order valence-electron chi connectivity index (χ1n) is 7.61. The standard InChI is InChI=1S/C20H20N2/c1-16(18-9-3-2-4-10-18)22-15-17-8-7-11-19(14-17)20-12-5-6-13-21-20/h2-14,16,22H,15H2,1H3/t16-/m1/s1. The number of hydrogen-bond acceptors (Lipinski definition) is 2. The molecule has 3 aromatic rings. The van der Waals surface area contributed by atoms with E-state index < -0.39 is 0 Å². The van der Waals surface area contributed by atoms with Crippen LogP contribution in [0, 0.1) is 0 Å². The van der Waals surface area contributed by atoms with Crippen molar-refractivity contribution in [1.29, 1.82) is 0 Å². The number of pyridine rings is 1. The minimum absolute atomic E-state index is 0.333. The van der Waals surface area contributed by atoms with Crippen LogP contribution < -0.4 is 5.32 Å². The molecule has 2 aromatic carbocycles. The van der Waals surface area contributed by atoms with Gasteiger partial charge in [0.05, 0.1) is 5.69 Å². The van der Waals surface area contributed by atoms with Crippen LogP contribution in [0.1, 0.15) is 24.1 Å². The third-order valence-electron chi connectivity index (χ3n) is 3.80. The Kier molecular flexibility index (Phi) is 4.62. The molecule has 2 heteroatoms. The van der Waals surface area contributed by atoms with Gasteiger partial charge in [0.25, 0.3) is 0 Å². The first-order chi connectivity index (χ1) is 10.8. The van der Waals surface area contributed by atoms with E-state index in [0.29, 0.717) is 6.04 Å². The second-order valence-electron chi connectivity index (χ2n) is 5.43. The van der Waals surface area contributed by atoms with Gasteiger partial charge >= 0.3 is 0 Å². The molecule has 0 spiro atoms. The second-order valence-corrected chi connectivity index (χ2v) is 5.43. The molecule has 1 atom stereocenters. The van der Waals surface area contributed by atoms with E-state index in [4.69, 9.17) is 0 Å². The molecular weight excluding hydrogens is 268 g/mol. The van der Waals surface area contributed by atoms with Crippen molar-refractivity contribution in [2.75, 3.05) is 0 Å². The van der Waals surface area contributed by atoms with Crippen molar-refractivity contribution >= 4 is 0 Å². The lowest BCUT2D eigenvalue weighted by atomic mass is 10.1. The average molecular weight is 288 g/mol. The van der Waals surface area contributed by atoms with E-state index in [2.05, 4.69) is 65.8 Å². The smallest absolute Gasteiger partial charge is 0.0702 e. The minimum atomic E-state index is 0.333. The third-order valence-corrected chi connectivity index (χ3v) is 3.80. The van der Waals surface area contributed by atoms with Crippen LogP contribution >= 0.6 is 0 Å². The van der Waals surface area contributed by atoms with E-state index in [1.807, 2.05) is 30.5 Å². The van der Waals surface area contributed by atoms with E-state index in [1.54, 1.807) is 0 Å². The summed E-state index contributed by atoms with van der Waals surface area (Å²) in [5, 5.41) is 3.57. The highest BCUT2D eigenvalue weighted by molar-refractivity contribution is 5.59. The van der Waals surface area contributed by atoms with Crippen molar-refractivity contribution in [3.05, 3.63) is 90.1 Å². The average Bonchev–Trinajstić information content (AvgIpc) is 2.61. The fourth-order valence-electron chi connectivity index (χ4n) is 2.50. The largest absolute Gasteiger partial charge is 0.306 e. The van der Waals surface area contributed by atoms with Gasteiger partial charge in [0.2, 0.25) is 0 Å². The number of nitrogens with zero attached hydrogens (tertiary/aromatic N) is 1. The summed E-state index contributed by atoms with van der Waals surface area (Å²) in [6.45, 7) is 3.04. The summed E-state index contributed by atoms with van der Waals surface area (Å²) in [6, 6.07) is 25.4. The maximum atomic E-state index is 4.41. The van der Waals surface area contributed by atoms with Crippen LogP contribution in [-0.4, -0.2) is 4.98 Å². The Bertz CT molecular complexity index is 708. The molecule has 0 aliphatic heterocycles. The van der Waals surface area contributed by atoms with Crippen LogP contribution in [-0.2, 0) is 6.54 Å². The molecule has 1 N–H and O–H groups in total. The van der Waals surface area contributed by atoms with Gasteiger partial charge in [-0.05, 0) is 36.2 Å². The molecule has 3 rings (SSSR count). The number of rotatable bonds is 5. The Labute approximate surface area is 131 Å². The van der Waals surface area contributed by atoms with Crippen LogP contribution in [0.25, 0.3) is 11.3 Å². The zero-order valence-electron chi connectivity index (χ0n) is 12.7. The van der Waals surface area contributed by atoms with Crippen molar-refractivity contribution in [2.24, 2.45) is 0 Å². The van der Waals surface area contributed by atoms with Gasteiger partial charge in [0.1, 0.15) is 0 Å². The topological polar surface area (TPSA) is 24.9 Å². The molecule has 22 heavy (non-hydrogen) atoms. The summed E-state index contributed by atoms with van der Waals surface area (Å²) in [7, 11) is 0. The van der Waals surface area contributed by atoms with E-state index >= 15 is 0 Å². The number of aromatic nitrogens is 1. The normalized spacial score (nSPS) is 12.0. The second kappa shape index (κ2) is 7.01. The molecular formula is C20H20N2. The van der Waals surface area contributed by atoms with Gasteiger partial charge < -0.3 is 5.32 Å². The molecule has 0 saturated heterocycles. The molecule has 0 radical (unpaired) electrons. The molecule has 110 valence electrons. The number of hydrogen-bond donors (Lipinski definition) is 1. The lowest BCUT2D eigenvalue weighted by Crippen LogP contribution is -2.17. The molecule has 1 heterocycles. The third kappa shape index (κ3) is 3.60. The lowest BCUT2D eigenvalue weighted by Gasteiger charge is -2.14. The van der Waals surface area contributed by atoms with Crippen molar-refractivity contribution in [3.8, 4) is 11.3 Å². The fraction of sp³-hybridized carbons (Fsp3) is 0.150. The molecule has 0 aliphatic carbocycles. The van der Waals surface area contributed by atoms with Crippen molar-refractivity contribution in [3.63, 3.8) is 0 Å². The highest BCUT2D eigenvalue weighted by Crippen LogP contribution is 2.18. The minimum Gasteiger partial charge on any atom is -0.306 e. The summed E-state index contributed by atoms with van der Waals surface area (Å²) >= 11 is 0. The van der Waals surface area contributed by atoms with Crippen LogP contribution in [0.4, 0.5) is 0 Å². The van der Waals surface area contributed by atoms with Crippen molar-refractivity contribution in [1.82, 2.24) is 10.3 Å². The quantitative estimate of drug-likeness (QED) is 0.742. The molecule has 0 aliphatic rings. The molecule has 1 aromatic heterocycles. The van der Waals surface area contributed by atoms with Gasteiger partial charge in [-0.25, -0.2) is 0 Å². The van der Waals surface area contributed by atoms with Gasteiger partial charge in [-0.2, -0.15) is 0 Å². The summed E-state index contributed by atoms with van der Waals surface area (Å²) < 4.78 is 0. The maximum absolute atomic E-state index is 4.41. The van der Waals surface area contributed by atoms with E-state index in [0.717, 1.165) is 17.8 Å². The summed E-state index contributed by atoms with van der Waals surface area (Å²) in [5.74, 6) is 0. The Hall–Kier alpha value is -2.45. The molecule has 0 amide bonds. The van der Waals surface area contributed by atoms with Gasteiger partial charge in [0.15, 0.2) is 0 Å². The first-order valence-corrected chi connectivity index (χ1v) is 7.61. The summed E-state index contributed by atoms with van der Waals surface area (Å²) in [4.78, 5) is 4.41. The predicted molar refractivity (Wildman–Crippen MR) is 91.4 cm³/mol. The number of nitrogens with one attached hydrogen (secondary N) is 1. The maximum Gasteiger partial charge on any atom is 0.0702 e. The van der Waals surface area contributed by atoms with Crippen LogP contribution in [0.3, 0.4) is 0 Å². The molecule has 2 nitrogen and oxygen atoms in total. The zero-order valence-corrected chi connectivity index (χ0v) is 12.7. The Morgan fingerprint density at radius 3 is 2.50 bits per heavy atom. The van der Waals surface area contributed by atoms with Gasteiger partial charge in [0, 0.05) is 24.3 Å². The van der Waals surface area contributed by atoms with Crippen LogP contribution in [0.2, 0.25) is 0 Å². The lowest BCUT2D eigenvalue weighted by molar-refractivity contribution is 0.575.